The molecule has 0 aliphatic heterocycles. The third kappa shape index (κ3) is 4.47. The molecule has 5 nitrogen and oxygen atoms in total. The van der Waals surface area contributed by atoms with E-state index in [2.05, 4.69) is 0 Å². The first kappa shape index (κ1) is 14.0. The molecular formula is C11H14O5. The van der Waals surface area contributed by atoms with Crippen molar-refractivity contribution in [3.8, 4) is 11.5 Å². The van der Waals surface area contributed by atoms with Gasteiger partial charge in [0.15, 0.2) is 11.5 Å². The van der Waals surface area contributed by atoms with E-state index < -0.39 is 5.97 Å². The molecule has 0 saturated carbocycles. The lowest BCUT2D eigenvalue weighted by atomic mass is 10.2. The van der Waals surface area contributed by atoms with Crippen LogP contribution < -0.4 is 4.74 Å². The van der Waals surface area contributed by atoms with Gasteiger partial charge in [0.1, 0.15) is 0 Å². The molecule has 3 N–H and O–H groups in total. The minimum atomic E-state index is -1.02. The normalized spacial score (nSPS) is 9.44. The molecule has 0 aliphatic carbocycles. The first-order chi connectivity index (χ1) is 7.63. The average molecular weight is 226 g/mol. The van der Waals surface area contributed by atoms with Crippen LogP contribution in [0.15, 0.2) is 24.3 Å². The fourth-order valence-electron chi connectivity index (χ4n) is 0.965. The zero-order chi connectivity index (χ0) is 12.6. The summed E-state index contributed by atoms with van der Waals surface area (Å²) >= 11 is 0. The number of carbonyl (C=O) groups is 1. The number of hydrogen-bond acceptors (Lipinski definition) is 4. The summed E-state index contributed by atoms with van der Waals surface area (Å²) in [5.74, 6) is -0.672. The zero-order valence-corrected chi connectivity index (χ0v) is 9.04. The quantitative estimate of drug-likeness (QED) is 0.672. The molecule has 0 heterocycles. The van der Waals surface area contributed by atoms with Gasteiger partial charge < -0.3 is 20.1 Å². The van der Waals surface area contributed by atoms with E-state index in [4.69, 9.17) is 14.9 Å². The highest BCUT2D eigenvalue weighted by Crippen LogP contribution is 2.26. The molecular weight excluding hydrogens is 212 g/mol. The van der Waals surface area contributed by atoms with Crippen LogP contribution in [0.5, 0.6) is 11.5 Å². The predicted octanol–water partition coefficient (Wildman–Crippen LogP) is 1.11. The number of hydrogen-bond donors (Lipinski definition) is 3. The molecule has 0 bridgehead atoms. The van der Waals surface area contributed by atoms with Crippen molar-refractivity contribution in [2.75, 3.05) is 14.2 Å². The van der Waals surface area contributed by atoms with E-state index in [1.165, 1.54) is 19.3 Å². The average Bonchev–Trinajstić information content (AvgIpc) is 2.30. The number of carboxylic acids is 1. The van der Waals surface area contributed by atoms with Crippen LogP contribution in [0.3, 0.4) is 0 Å². The van der Waals surface area contributed by atoms with Crippen LogP contribution in [0, 0.1) is 0 Å². The smallest absolute Gasteiger partial charge is 0.328 e. The third-order valence-electron chi connectivity index (χ3n) is 1.62. The molecule has 0 saturated heterocycles. The van der Waals surface area contributed by atoms with Crippen molar-refractivity contribution < 1.29 is 24.9 Å². The number of ether oxygens (including phenoxy) is 1. The van der Waals surface area contributed by atoms with E-state index >= 15 is 0 Å². The van der Waals surface area contributed by atoms with E-state index in [-0.39, 0.29) is 5.75 Å². The SMILES string of the molecule is CO.COc1cc(/C=C/C(=O)O)ccc1O. The lowest BCUT2D eigenvalue weighted by molar-refractivity contribution is -0.131. The van der Waals surface area contributed by atoms with Crippen LogP contribution in [0.4, 0.5) is 0 Å². The predicted molar refractivity (Wildman–Crippen MR) is 59.5 cm³/mol. The number of carboxylic acid groups (broad SMARTS) is 1. The molecule has 1 aromatic carbocycles. The molecule has 16 heavy (non-hydrogen) atoms. The van der Waals surface area contributed by atoms with Crippen molar-refractivity contribution in [2.24, 2.45) is 0 Å². The van der Waals surface area contributed by atoms with Gasteiger partial charge in [-0.25, -0.2) is 4.79 Å². The van der Waals surface area contributed by atoms with Crippen LogP contribution in [0.2, 0.25) is 0 Å². The molecule has 1 aromatic rings. The Kier molecular flexibility index (Phi) is 6.39. The summed E-state index contributed by atoms with van der Waals surface area (Å²) in [6.45, 7) is 0. The molecule has 0 atom stereocenters. The second kappa shape index (κ2) is 7.30. The first-order valence-electron chi connectivity index (χ1n) is 4.36. The number of methoxy groups -OCH3 is 1. The van der Waals surface area contributed by atoms with Gasteiger partial charge >= 0.3 is 5.97 Å². The monoisotopic (exact) mass is 226 g/mol. The lowest BCUT2D eigenvalue weighted by Gasteiger charge is -2.03. The minimum absolute atomic E-state index is 0.0278. The van der Waals surface area contributed by atoms with Gasteiger partial charge in [-0.2, -0.15) is 0 Å². The van der Waals surface area contributed by atoms with Crippen molar-refractivity contribution in [1.82, 2.24) is 0 Å². The molecule has 5 heteroatoms. The van der Waals surface area contributed by atoms with E-state index in [0.29, 0.717) is 11.3 Å². The van der Waals surface area contributed by atoms with Gasteiger partial charge in [-0.05, 0) is 23.8 Å². The van der Waals surface area contributed by atoms with E-state index in [1.807, 2.05) is 0 Å². The number of aromatic hydroxyl groups is 1. The molecule has 0 aliphatic rings. The third-order valence-corrected chi connectivity index (χ3v) is 1.62. The lowest BCUT2D eigenvalue weighted by Crippen LogP contribution is -1.87. The Labute approximate surface area is 93.2 Å². The Bertz CT molecular complexity index is 371. The van der Waals surface area contributed by atoms with Gasteiger partial charge in [-0.3, -0.25) is 0 Å². The number of rotatable bonds is 3. The summed E-state index contributed by atoms with van der Waals surface area (Å²) in [6, 6.07) is 4.59. The van der Waals surface area contributed by atoms with Crippen molar-refractivity contribution in [2.45, 2.75) is 0 Å². The Hall–Kier alpha value is -2.01. The number of aliphatic carboxylic acids is 1. The molecule has 0 radical (unpaired) electrons. The second-order valence-electron chi connectivity index (χ2n) is 2.60. The van der Waals surface area contributed by atoms with Gasteiger partial charge in [0, 0.05) is 13.2 Å². The minimum Gasteiger partial charge on any atom is -0.504 e. The van der Waals surface area contributed by atoms with Crippen LogP contribution in [-0.4, -0.2) is 35.5 Å². The van der Waals surface area contributed by atoms with Gasteiger partial charge in [-0.1, -0.05) is 6.07 Å². The van der Waals surface area contributed by atoms with Crippen LogP contribution in [-0.2, 0) is 4.79 Å². The maximum Gasteiger partial charge on any atom is 0.328 e. The fraction of sp³-hybridized carbons (Fsp3) is 0.182. The topological polar surface area (TPSA) is 87.0 Å². The summed E-state index contributed by atoms with van der Waals surface area (Å²) in [5, 5.41) is 24.6. The van der Waals surface area contributed by atoms with Crippen molar-refractivity contribution in [3.63, 3.8) is 0 Å². The Morgan fingerprint density at radius 1 is 1.38 bits per heavy atom. The zero-order valence-electron chi connectivity index (χ0n) is 9.04. The number of phenols is 1. The summed E-state index contributed by atoms with van der Waals surface area (Å²) in [5.41, 5.74) is 0.655. The molecule has 88 valence electrons. The number of aliphatic hydroxyl groups excluding tert-OH is 1. The highest BCUT2D eigenvalue weighted by atomic mass is 16.5. The maximum absolute atomic E-state index is 10.2. The molecule has 1 rings (SSSR count). The maximum atomic E-state index is 10.2. The molecule has 0 unspecified atom stereocenters. The Morgan fingerprint density at radius 3 is 2.50 bits per heavy atom. The largest absolute Gasteiger partial charge is 0.504 e. The molecule has 0 aromatic heterocycles. The number of aliphatic hydroxyl groups is 1. The molecule has 0 amide bonds. The van der Waals surface area contributed by atoms with Gasteiger partial charge in [0.25, 0.3) is 0 Å². The van der Waals surface area contributed by atoms with Crippen molar-refractivity contribution >= 4 is 12.0 Å². The second-order valence-corrected chi connectivity index (χ2v) is 2.60. The van der Waals surface area contributed by atoms with E-state index in [1.54, 1.807) is 12.1 Å². The summed E-state index contributed by atoms with van der Waals surface area (Å²) in [7, 11) is 2.43. The number of benzene rings is 1. The molecule has 0 spiro atoms. The summed E-state index contributed by atoms with van der Waals surface area (Å²) in [6.07, 6.45) is 2.44. The Morgan fingerprint density at radius 2 is 2.00 bits per heavy atom. The summed E-state index contributed by atoms with van der Waals surface area (Å²) < 4.78 is 4.86. The highest BCUT2D eigenvalue weighted by molar-refractivity contribution is 5.85. The van der Waals surface area contributed by atoms with E-state index in [9.17, 15) is 9.90 Å². The fourth-order valence-corrected chi connectivity index (χ4v) is 0.965. The standard InChI is InChI=1S/C10H10O4.CH4O/c1-14-9-6-7(2-4-8(9)11)3-5-10(12)13;1-2/h2-6,11H,1H3,(H,12,13);2H,1H3/b5-3+;. The van der Waals surface area contributed by atoms with Crippen LogP contribution in [0.1, 0.15) is 5.56 Å². The van der Waals surface area contributed by atoms with Crippen LogP contribution in [0.25, 0.3) is 6.08 Å². The first-order valence-corrected chi connectivity index (χ1v) is 4.36. The van der Waals surface area contributed by atoms with Gasteiger partial charge in [0.2, 0.25) is 0 Å². The van der Waals surface area contributed by atoms with E-state index in [0.717, 1.165) is 13.2 Å². The van der Waals surface area contributed by atoms with Crippen molar-refractivity contribution in [3.05, 3.63) is 29.8 Å². The number of phenolic OH excluding ortho intramolecular Hbond substituents is 1. The summed E-state index contributed by atoms with van der Waals surface area (Å²) in [4.78, 5) is 10.2. The molecule has 0 fully saturated rings. The van der Waals surface area contributed by atoms with Gasteiger partial charge in [-0.15, -0.1) is 0 Å². The highest BCUT2D eigenvalue weighted by Gasteiger charge is 2.00. The van der Waals surface area contributed by atoms with Crippen LogP contribution >= 0.6 is 0 Å². The Balaban J connectivity index is 0.00000106. The van der Waals surface area contributed by atoms with Gasteiger partial charge in [0.05, 0.1) is 7.11 Å². The van der Waals surface area contributed by atoms with Crippen molar-refractivity contribution in [1.29, 1.82) is 0 Å².